The largest absolute Gasteiger partial charge is 0.701 e. The standard InChI is InChI=1S/C3H5BO4/c1-2-3-5-4-6-8-7-4/h2H,1,3H2. The zero-order valence-electron chi connectivity index (χ0n) is 4.20. The lowest BCUT2D eigenvalue weighted by Gasteiger charge is -2.16. The van der Waals surface area contributed by atoms with Gasteiger partial charge in [-0.15, -0.1) is 6.58 Å². The first-order valence-corrected chi connectivity index (χ1v) is 2.15. The molecule has 8 heavy (non-hydrogen) atoms. The van der Waals surface area contributed by atoms with Crippen LogP contribution in [0.1, 0.15) is 0 Å². The molecule has 0 bridgehead atoms. The first kappa shape index (κ1) is 5.78. The average Bonchev–Trinajstić information content (AvgIpc) is 1.63. The molecule has 1 fully saturated rings. The van der Waals surface area contributed by atoms with Gasteiger partial charge in [-0.3, -0.25) is 0 Å². The highest BCUT2D eigenvalue weighted by molar-refractivity contribution is 6.36. The van der Waals surface area contributed by atoms with E-state index in [2.05, 4.69) is 21.2 Å². The molecule has 1 heterocycles. The molecule has 0 aromatic rings. The van der Waals surface area contributed by atoms with Crippen molar-refractivity contribution in [1.29, 1.82) is 0 Å². The summed E-state index contributed by atoms with van der Waals surface area (Å²) in [5, 5.41) is 3.87. The van der Waals surface area contributed by atoms with Crippen LogP contribution in [-0.4, -0.2) is 13.9 Å². The van der Waals surface area contributed by atoms with E-state index in [0.29, 0.717) is 6.61 Å². The summed E-state index contributed by atoms with van der Waals surface area (Å²) < 4.78 is 4.74. The van der Waals surface area contributed by atoms with Crippen LogP contribution in [0.2, 0.25) is 0 Å². The minimum absolute atomic E-state index is 0.397. The Labute approximate surface area is 47.0 Å². The van der Waals surface area contributed by atoms with Crippen LogP contribution < -0.4 is 0 Å². The second-order valence-electron chi connectivity index (χ2n) is 1.17. The molecule has 0 spiro atoms. The van der Waals surface area contributed by atoms with Crippen LogP contribution in [0, 0.1) is 0 Å². The van der Waals surface area contributed by atoms with Gasteiger partial charge in [-0.05, 0) is 0 Å². The maximum absolute atomic E-state index is 4.74. The van der Waals surface area contributed by atoms with Gasteiger partial charge in [0.25, 0.3) is 0 Å². The van der Waals surface area contributed by atoms with Gasteiger partial charge in [-0.1, -0.05) is 11.1 Å². The number of rotatable bonds is 3. The fourth-order valence-corrected chi connectivity index (χ4v) is 0.274. The summed E-state index contributed by atoms with van der Waals surface area (Å²) in [4.78, 5) is 8.48. The molecule has 0 amide bonds. The van der Waals surface area contributed by atoms with Gasteiger partial charge in [-0.2, -0.15) is 0 Å². The van der Waals surface area contributed by atoms with Gasteiger partial charge in [0.05, 0.1) is 6.61 Å². The fourth-order valence-electron chi connectivity index (χ4n) is 0.274. The van der Waals surface area contributed by atoms with Crippen molar-refractivity contribution < 1.29 is 19.3 Å². The van der Waals surface area contributed by atoms with Crippen molar-refractivity contribution in [2.75, 3.05) is 6.61 Å². The summed E-state index contributed by atoms with van der Waals surface area (Å²) in [6.07, 6.45) is 1.59. The molecule has 0 unspecified atom stereocenters. The minimum Gasteiger partial charge on any atom is -0.379 e. The van der Waals surface area contributed by atoms with E-state index < -0.39 is 7.32 Å². The van der Waals surface area contributed by atoms with Crippen molar-refractivity contribution in [2.45, 2.75) is 0 Å². The molecule has 1 rings (SSSR count). The number of hydrogen-bond acceptors (Lipinski definition) is 4. The maximum Gasteiger partial charge on any atom is 0.701 e. The first-order valence-electron chi connectivity index (χ1n) is 2.15. The second-order valence-corrected chi connectivity index (χ2v) is 1.17. The molecule has 1 saturated heterocycles. The van der Waals surface area contributed by atoms with E-state index >= 15 is 0 Å². The molecule has 0 atom stereocenters. The van der Waals surface area contributed by atoms with Gasteiger partial charge < -0.3 is 4.65 Å². The third-order valence-corrected chi connectivity index (χ3v) is 0.586. The minimum atomic E-state index is -0.659. The summed E-state index contributed by atoms with van der Waals surface area (Å²) in [6, 6.07) is 0. The Morgan fingerprint density at radius 2 is 2.38 bits per heavy atom. The fraction of sp³-hybridized carbons (Fsp3) is 0.333. The quantitative estimate of drug-likeness (QED) is 0.297. The van der Waals surface area contributed by atoms with Crippen LogP contribution >= 0.6 is 0 Å². The molecule has 4 nitrogen and oxygen atoms in total. The van der Waals surface area contributed by atoms with Crippen LogP contribution in [0.3, 0.4) is 0 Å². The van der Waals surface area contributed by atoms with Gasteiger partial charge in [-0.25, -0.2) is 9.61 Å². The summed E-state index contributed by atoms with van der Waals surface area (Å²) in [7, 11) is -0.659. The predicted molar refractivity (Wildman–Crippen MR) is 25.2 cm³/mol. The third-order valence-electron chi connectivity index (χ3n) is 0.586. The van der Waals surface area contributed by atoms with Crippen molar-refractivity contribution in [2.24, 2.45) is 0 Å². The lowest BCUT2D eigenvalue weighted by Crippen LogP contribution is -2.36. The molecule has 0 saturated carbocycles. The molecule has 1 aliphatic rings. The van der Waals surface area contributed by atoms with Crippen LogP contribution in [0.5, 0.6) is 0 Å². The lowest BCUT2D eigenvalue weighted by atomic mass is 10.2. The van der Waals surface area contributed by atoms with Crippen molar-refractivity contribution in [1.82, 2.24) is 0 Å². The van der Waals surface area contributed by atoms with E-state index in [1.54, 1.807) is 6.08 Å². The highest BCUT2D eigenvalue weighted by atomic mass is 17.6. The van der Waals surface area contributed by atoms with Gasteiger partial charge in [0.1, 0.15) is 0 Å². The molecular formula is C3H5BO4. The highest BCUT2D eigenvalue weighted by Gasteiger charge is 2.34. The summed E-state index contributed by atoms with van der Waals surface area (Å²) >= 11 is 0. The average molecular weight is 116 g/mol. The normalized spacial score (nSPS) is 17.8. The Balaban J connectivity index is 1.93. The van der Waals surface area contributed by atoms with Crippen molar-refractivity contribution in [3.8, 4) is 0 Å². The van der Waals surface area contributed by atoms with Gasteiger partial charge in [0, 0.05) is 0 Å². The Kier molecular flexibility index (Phi) is 2.05. The molecule has 1 aliphatic heterocycles. The summed E-state index contributed by atoms with van der Waals surface area (Å²) in [6.45, 7) is 3.81. The Hall–Kier alpha value is -0.355. The summed E-state index contributed by atoms with van der Waals surface area (Å²) in [5.41, 5.74) is 0. The first-order chi connectivity index (χ1) is 3.93. The zero-order chi connectivity index (χ0) is 5.82. The SMILES string of the molecule is C=CCOB1OOO1. The maximum atomic E-state index is 4.74. The molecule has 44 valence electrons. The van der Waals surface area contributed by atoms with E-state index in [-0.39, 0.29) is 0 Å². The lowest BCUT2D eigenvalue weighted by molar-refractivity contribution is -0.522. The van der Waals surface area contributed by atoms with Gasteiger partial charge in [0.2, 0.25) is 0 Å². The summed E-state index contributed by atoms with van der Waals surface area (Å²) in [5.74, 6) is 0. The number of hydrogen-bond donors (Lipinski definition) is 0. The highest BCUT2D eigenvalue weighted by Crippen LogP contribution is 2.04. The molecule has 0 aromatic heterocycles. The Morgan fingerprint density at radius 1 is 1.62 bits per heavy atom. The molecule has 0 N–H and O–H groups in total. The topological polar surface area (TPSA) is 36.9 Å². The van der Waals surface area contributed by atoms with Crippen LogP contribution in [-0.2, 0) is 19.3 Å². The molecular weight excluding hydrogens is 111 g/mol. The van der Waals surface area contributed by atoms with Crippen LogP contribution in [0.4, 0.5) is 0 Å². The molecule has 0 radical (unpaired) electrons. The molecule has 5 heteroatoms. The van der Waals surface area contributed by atoms with Crippen molar-refractivity contribution in [3.05, 3.63) is 12.7 Å². The molecule has 0 aromatic carbocycles. The van der Waals surface area contributed by atoms with Gasteiger partial charge >= 0.3 is 7.32 Å². The van der Waals surface area contributed by atoms with E-state index in [4.69, 9.17) is 4.65 Å². The van der Waals surface area contributed by atoms with E-state index in [1.165, 1.54) is 0 Å². The van der Waals surface area contributed by atoms with E-state index in [0.717, 1.165) is 0 Å². The van der Waals surface area contributed by atoms with Crippen LogP contribution in [0.15, 0.2) is 12.7 Å². The monoisotopic (exact) mass is 116 g/mol. The molecule has 0 aliphatic carbocycles. The third kappa shape index (κ3) is 1.31. The zero-order valence-corrected chi connectivity index (χ0v) is 4.20. The van der Waals surface area contributed by atoms with E-state index in [1.807, 2.05) is 0 Å². The predicted octanol–water partition coefficient (Wildman–Crippen LogP) is 0.0673. The second kappa shape index (κ2) is 2.83. The van der Waals surface area contributed by atoms with Crippen molar-refractivity contribution in [3.63, 3.8) is 0 Å². The van der Waals surface area contributed by atoms with Crippen molar-refractivity contribution >= 4 is 7.32 Å². The van der Waals surface area contributed by atoms with E-state index in [9.17, 15) is 0 Å². The Bertz CT molecular complexity index is 81.4. The van der Waals surface area contributed by atoms with Gasteiger partial charge in [0.15, 0.2) is 0 Å². The van der Waals surface area contributed by atoms with Crippen LogP contribution in [0.25, 0.3) is 0 Å². The smallest absolute Gasteiger partial charge is 0.379 e. The Morgan fingerprint density at radius 3 is 2.75 bits per heavy atom.